The second-order valence-electron chi connectivity index (χ2n) is 7.63. The van der Waals surface area contributed by atoms with E-state index < -0.39 is 17.7 Å². The van der Waals surface area contributed by atoms with Crippen LogP contribution < -0.4 is 14.4 Å². The Labute approximate surface area is 196 Å². The molecule has 0 spiro atoms. The van der Waals surface area contributed by atoms with Crippen molar-refractivity contribution >= 4 is 34.7 Å². The highest BCUT2D eigenvalue weighted by Gasteiger charge is 2.47. The first kappa shape index (κ1) is 22.4. The smallest absolute Gasteiger partial charge is 0.300 e. The highest BCUT2D eigenvalue weighted by atomic mass is 35.5. The summed E-state index contributed by atoms with van der Waals surface area (Å²) in [4.78, 5) is 27.8. The van der Waals surface area contributed by atoms with Crippen LogP contribution in [-0.4, -0.2) is 31.0 Å². The topological polar surface area (TPSA) is 76.1 Å². The second kappa shape index (κ2) is 9.00. The van der Waals surface area contributed by atoms with Crippen LogP contribution in [0.4, 0.5) is 5.69 Å². The molecule has 1 N–H and O–H groups in total. The molecule has 0 radical (unpaired) electrons. The quantitative estimate of drug-likeness (QED) is 0.316. The van der Waals surface area contributed by atoms with Crippen molar-refractivity contribution in [3.05, 3.63) is 94.0 Å². The van der Waals surface area contributed by atoms with Crippen molar-refractivity contribution in [2.75, 3.05) is 19.1 Å². The molecule has 1 unspecified atom stereocenters. The first-order valence-corrected chi connectivity index (χ1v) is 10.6. The van der Waals surface area contributed by atoms with Gasteiger partial charge in [0, 0.05) is 16.3 Å². The van der Waals surface area contributed by atoms with E-state index in [0.717, 1.165) is 5.56 Å². The fraction of sp³-hybridized carbons (Fsp3) is 0.154. The summed E-state index contributed by atoms with van der Waals surface area (Å²) in [5.74, 6) is -0.835. The molecule has 168 valence electrons. The van der Waals surface area contributed by atoms with Gasteiger partial charge < -0.3 is 14.6 Å². The van der Waals surface area contributed by atoms with Crippen molar-refractivity contribution < 1.29 is 24.2 Å². The maximum atomic E-state index is 13.2. The lowest BCUT2D eigenvalue weighted by Crippen LogP contribution is -2.29. The molecular formula is C26H22ClNO5. The molecule has 1 aliphatic rings. The normalized spacial score (nSPS) is 17.3. The lowest BCUT2D eigenvalue weighted by atomic mass is 9.94. The van der Waals surface area contributed by atoms with Gasteiger partial charge in [-0.1, -0.05) is 35.4 Å². The number of nitrogens with zero attached hydrogens (tertiary/aromatic N) is 1. The molecule has 3 aromatic rings. The van der Waals surface area contributed by atoms with Gasteiger partial charge in [0.1, 0.15) is 5.76 Å². The van der Waals surface area contributed by atoms with Crippen molar-refractivity contribution in [1.82, 2.24) is 0 Å². The minimum Gasteiger partial charge on any atom is -0.507 e. The number of amides is 1. The van der Waals surface area contributed by atoms with Gasteiger partial charge >= 0.3 is 0 Å². The Kier molecular flexibility index (Phi) is 6.11. The van der Waals surface area contributed by atoms with Crippen LogP contribution in [0.15, 0.2) is 72.3 Å². The molecule has 0 aliphatic carbocycles. The summed E-state index contributed by atoms with van der Waals surface area (Å²) in [5.41, 5.74) is 2.50. The van der Waals surface area contributed by atoms with E-state index in [0.29, 0.717) is 33.3 Å². The first-order valence-electron chi connectivity index (χ1n) is 10.2. The number of hydrogen-bond acceptors (Lipinski definition) is 5. The summed E-state index contributed by atoms with van der Waals surface area (Å²) in [7, 11) is 3.03. The fourth-order valence-corrected chi connectivity index (χ4v) is 4.03. The van der Waals surface area contributed by atoms with E-state index in [1.165, 1.54) is 19.1 Å². The fourth-order valence-electron chi connectivity index (χ4n) is 3.91. The lowest BCUT2D eigenvalue weighted by molar-refractivity contribution is -0.132. The molecule has 1 fully saturated rings. The van der Waals surface area contributed by atoms with Crippen LogP contribution in [0.2, 0.25) is 5.02 Å². The lowest BCUT2D eigenvalue weighted by Gasteiger charge is -2.26. The van der Waals surface area contributed by atoms with E-state index in [-0.39, 0.29) is 11.3 Å². The van der Waals surface area contributed by atoms with Crippen LogP contribution in [-0.2, 0) is 9.59 Å². The van der Waals surface area contributed by atoms with E-state index >= 15 is 0 Å². The molecule has 1 amide bonds. The Morgan fingerprint density at radius 1 is 0.909 bits per heavy atom. The van der Waals surface area contributed by atoms with Crippen molar-refractivity contribution in [3.8, 4) is 11.5 Å². The zero-order valence-electron chi connectivity index (χ0n) is 18.3. The minimum absolute atomic E-state index is 0.0184. The van der Waals surface area contributed by atoms with Crippen LogP contribution in [0.3, 0.4) is 0 Å². The van der Waals surface area contributed by atoms with Crippen LogP contribution >= 0.6 is 11.6 Å². The van der Waals surface area contributed by atoms with Crippen LogP contribution in [0.5, 0.6) is 11.5 Å². The van der Waals surface area contributed by atoms with Gasteiger partial charge in [0.15, 0.2) is 11.5 Å². The molecule has 1 aliphatic heterocycles. The Morgan fingerprint density at radius 2 is 1.55 bits per heavy atom. The van der Waals surface area contributed by atoms with Crippen molar-refractivity contribution in [2.45, 2.75) is 13.0 Å². The van der Waals surface area contributed by atoms with Crippen LogP contribution in [0.25, 0.3) is 5.76 Å². The van der Waals surface area contributed by atoms with Gasteiger partial charge in [-0.05, 0) is 61.0 Å². The largest absolute Gasteiger partial charge is 0.507 e. The number of hydrogen-bond donors (Lipinski definition) is 1. The highest BCUT2D eigenvalue weighted by Crippen LogP contribution is 2.44. The van der Waals surface area contributed by atoms with Crippen LogP contribution in [0, 0.1) is 6.92 Å². The van der Waals surface area contributed by atoms with Crippen molar-refractivity contribution in [3.63, 3.8) is 0 Å². The minimum atomic E-state index is -0.872. The summed E-state index contributed by atoms with van der Waals surface area (Å²) < 4.78 is 10.8. The summed E-state index contributed by atoms with van der Waals surface area (Å²) in [6, 6.07) is 18.0. The Morgan fingerprint density at radius 3 is 2.15 bits per heavy atom. The monoisotopic (exact) mass is 463 g/mol. The molecule has 0 saturated carbocycles. The number of aliphatic hydroxyl groups is 1. The van der Waals surface area contributed by atoms with E-state index in [4.69, 9.17) is 21.1 Å². The number of aliphatic hydroxyl groups excluding tert-OH is 1. The number of ketones is 1. The molecule has 7 heteroatoms. The zero-order valence-corrected chi connectivity index (χ0v) is 19.1. The van der Waals surface area contributed by atoms with E-state index in [2.05, 4.69) is 0 Å². The number of ether oxygens (including phenoxy) is 2. The Hall–Kier alpha value is -3.77. The van der Waals surface area contributed by atoms with Gasteiger partial charge in [-0.3, -0.25) is 14.5 Å². The Bertz CT molecular complexity index is 1250. The molecule has 1 atom stereocenters. The molecule has 4 rings (SSSR count). The Balaban J connectivity index is 1.96. The molecular weight excluding hydrogens is 442 g/mol. The van der Waals surface area contributed by atoms with Gasteiger partial charge in [-0.25, -0.2) is 0 Å². The van der Waals surface area contributed by atoms with Gasteiger partial charge in [-0.2, -0.15) is 0 Å². The molecule has 1 saturated heterocycles. The maximum absolute atomic E-state index is 13.2. The third kappa shape index (κ3) is 4.05. The molecule has 0 bridgehead atoms. The molecule has 33 heavy (non-hydrogen) atoms. The predicted molar refractivity (Wildman–Crippen MR) is 127 cm³/mol. The van der Waals surface area contributed by atoms with Gasteiger partial charge in [0.25, 0.3) is 11.7 Å². The number of anilines is 1. The number of carbonyl (C=O) groups is 2. The van der Waals surface area contributed by atoms with Gasteiger partial charge in [-0.15, -0.1) is 0 Å². The number of carbonyl (C=O) groups excluding carboxylic acids is 2. The predicted octanol–water partition coefficient (Wildman–Crippen LogP) is 5.29. The number of halogens is 1. The zero-order chi connectivity index (χ0) is 23.7. The highest BCUT2D eigenvalue weighted by molar-refractivity contribution is 6.51. The first-order chi connectivity index (χ1) is 15.8. The summed E-state index contributed by atoms with van der Waals surface area (Å²) in [6.45, 7) is 1.93. The number of methoxy groups -OCH3 is 2. The van der Waals surface area contributed by atoms with Crippen molar-refractivity contribution in [1.29, 1.82) is 0 Å². The molecule has 0 aromatic heterocycles. The SMILES string of the molecule is COc1ccc(C2/C(=C(\O)c3ccc(Cl)cc3)C(=O)C(=O)N2c2ccc(C)cc2)cc1OC. The average molecular weight is 464 g/mol. The number of benzene rings is 3. The van der Waals surface area contributed by atoms with E-state index in [1.807, 2.05) is 19.1 Å². The van der Waals surface area contributed by atoms with Crippen molar-refractivity contribution in [2.24, 2.45) is 0 Å². The standard InChI is InChI=1S/C26H22ClNO5/c1-15-4-11-19(12-5-15)28-23(17-8-13-20(32-2)21(14-17)33-3)22(25(30)26(28)31)24(29)16-6-9-18(27)10-7-16/h4-14,23,29H,1-3H3/b24-22+. The molecule has 6 nitrogen and oxygen atoms in total. The summed E-state index contributed by atoms with van der Waals surface area (Å²) >= 11 is 5.98. The average Bonchev–Trinajstić information content (AvgIpc) is 3.09. The van der Waals surface area contributed by atoms with E-state index in [9.17, 15) is 14.7 Å². The van der Waals surface area contributed by atoms with Gasteiger partial charge in [0.05, 0.1) is 25.8 Å². The third-order valence-corrected chi connectivity index (χ3v) is 5.85. The van der Waals surface area contributed by atoms with Crippen LogP contribution in [0.1, 0.15) is 22.7 Å². The molecule has 3 aromatic carbocycles. The number of rotatable bonds is 5. The second-order valence-corrected chi connectivity index (χ2v) is 8.06. The summed E-state index contributed by atoms with van der Waals surface area (Å²) in [6.07, 6.45) is 0. The third-order valence-electron chi connectivity index (χ3n) is 5.60. The number of Topliss-reactive ketones (excluding diaryl/α,β-unsaturated/α-hetero) is 1. The summed E-state index contributed by atoms with van der Waals surface area (Å²) in [5, 5.41) is 11.6. The maximum Gasteiger partial charge on any atom is 0.300 e. The molecule has 1 heterocycles. The van der Waals surface area contributed by atoms with E-state index in [1.54, 1.807) is 54.6 Å². The number of aryl methyl sites for hydroxylation is 1. The van der Waals surface area contributed by atoms with Gasteiger partial charge in [0.2, 0.25) is 0 Å².